The third-order valence-corrected chi connectivity index (χ3v) is 7.24. The number of nitrogens with one attached hydrogen (secondary N) is 2. The van der Waals surface area contributed by atoms with Crippen LogP contribution in [-0.2, 0) is 16.6 Å². The zero-order valence-electron chi connectivity index (χ0n) is 13.1. The lowest BCUT2D eigenvalue weighted by Gasteiger charge is -2.40. The summed E-state index contributed by atoms with van der Waals surface area (Å²) >= 11 is 1.76. The molecule has 21 heavy (non-hydrogen) atoms. The van der Waals surface area contributed by atoms with Crippen molar-refractivity contribution >= 4 is 21.8 Å². The molecule has 0 aliphatic heterocycles. The second kappa shape index (κ2) is 6.32. The third kappa shape index (κ3) is 3.31. The summed E-state index contributed by atoms with van der Waals surface area (Å²) in [5.41, 5.74) is 0.717. The molecule has 0 spiro atoms. The quantitative estimate of drug-likeness (QED) is 0.801. The van der Waals surface area contributed by atoms with Gasteiger partial charge < -0.3 is 9.73 Å². The van der Waals surface area contributed by atoms with Gasteiger partial charge in [0, 0.05) is 23.4 Å². The van der Waals surface area contributed by atoms with Crippen LogP contribution >= 0.6 is 11.8 Å². The summed E-state index contributed by atoms with van der Waals surface area (Å²) in [6, 6.07) is 0. The summed E-state index contributed by atoms with van der Waals surface area (Å²) in [5, 5.41) is 3.00. The molecule has 1 heterocycles. The van der Waals surface area contributed by atoms with E-state index in [9.17, 15) is 8.42 Å². The highest BCUT2D eigenvalue weighted by molar-refractivity contribution is 8.00. The SMILES string of the molecule is CNCc1c(C)oc(C)c1S(=O)(=O)NCC1(SC)CCC1. The van der Waals surface area contributed by atoms with Crippen molar-refractivity contribution in [3.63, 3.8) is 0 Å². The molecular formula is C14H24N2O3S2. The Hall–Kier alpha value is -0.500. The van der Waals surface area contributed by atoms with E-state index in [-0.39, 0.29) is 4.75 Å². The molecule has 5 nitrogen and oxygen atoms in total. The third-order valence-electron chi connectivity index (χ3n) is 4.23. The highest BCUT2D eigenvalue weighted by Gasteiger charge is 2.38. The predicted octanol–water partition coefficient (Wildman–Crippen LogP) is 2.18. The molecule has 0 aromatic carbocycles. The van der Waals surface area contributed by atoms with E-state index in [1.165, 1.54) is 6.42 Å². The Labute approximate surface area is 131 Å². The van der Waals surface area contributed by atoms with Crippen molar-refractivity contribution in [1.29, 1.82) is 0 Å². The van der Waals surface area contributed by atoms with E-state index in [4.69, 9.17) is 4.42 Å². The van der Waals surface area contributed by atoms with Crippen LogP contribution in [0, 0.1) is 13.8 Å². The van der Waals surface area contributed by atoms with E-state index in [1.54, 1.807) is 32.7 Å². The molecule has 0 amide bonds. The summed E-state index contributed by atoms with van der Waals surface area (Å²) in [6.07, 6.45) is 5.37. The smallest absolute Gasteiger partial charge is 0.244 e. The molecule has 1 aromatic rings. The first-order valence-electron chi connectivity index (χ1n) is 7.13. The molecular weight excluding hydrogens is 308 g/mol. The first-order valence-corrected chi connectivity index (χ1v) is 9.84. The number of furan rings is 1. The molecule has 1 aromatic heterocycles. The number of hydrogen-bond acceptors (Lipinski definition) is 5. The van der Waals surface area contributed by atoms with Gasteiger partial charge in [-0.05, 0) is 40.0 Å². The molecule has 0 radical (unpaired) electrons. The van der Waals surface area contributed by atoms with Gasteiger partial charge in [-0.1, -0.05) is 6.42 Å². The Balaban J connectivity index is 2.23. The summed E-state index contributed by atoms with van der Waals surface area (Å²) < 4.78 is 33.7. The molecule has 2 N–H and O–H groups in total. The Morgan fingerprint density at radius 2 is 1.95 bits per heavy atom. The zero-order chi connectivity index (χ0) is 15.7. The van der Waals surface area contributed by atoms with Crippen LogP contribution < -0.4 is 10.0 Å². The van der Waals surface area contributed by atoms with E-state index >= 15 is 0 Å². The molecule has 7 heteroatoms. The molecule has 0 atom stereocenters. The van der Waals surface area contributed by atoms with Crippen LogP contribution in [-0.4, -0.2) is 33.0 Å². The molecule has 1 fully saturated rings. The van der Waals surface area contributed by atoms with Crippen molar-refractivity contribution in [2.24, 2.45) is 0 Å². The molecule has 120 valence electrons. The molecule has 1 aliphatic rings. The highest BCUT2D eigenvalue weighted by atomic mass is 32.2. The topological polar surface area (TPSA) is 71.3 Å². The minimum absolute atomic E-state index is 0.0723. The Kier molecular flexibility index (Phi) is 5.07. The average Bonchev–Trinajstić information content (AvgIpc) is 2.64. The van der Waals surface area contributed by atoms with Crippen LogP contribution in [0.1, 0.15) is 36.3 Å². The number of rotatable bonds is 7. The van der Waals surface area contributed by atoms with Gasteiger partial charge in [-0.25, -0.2) is 13.1 Å². The van der Waals surface area contributed by atoms with Crippen LogP contribution in [0.25, 0.3) is 0 Å². The van der Waals surface area contributed by atoms with Crippen LogP contribution in [0.2, 0.25) is 0 Å². The number of thioether (sulfide) groups is 1. The fraction of sp³-hybridized carbons (Fsp3) is 0.714. The molecule has 1 saturated carbocycles. The lowest BCUT2D eigenvalue weighted by atomic mass is 9.84. The van der Waals surface area contributed by atoms with Gasteiger partial charge in [-0.2, -0.15) is 11.8 Å². The largest absolute Gasteiger partial charge is 0.465 e. The summed E-state index contributed by atoms with van der Waals surface area (Å²) in [6.45, 7) is 4.47. The minimum atomic E-state index is -3.54. The Bertz CT molecular complexity index is 598. The first-order chi connectivity index (χ1) is 9.85. The van der Waals surface area contributed by atoms with Gasteiger partial charge >= 0.3 is 0 Å². The lowest BCUT2D eigenvalue weighted by Crippen LogP contribution is -2.45. The Morgan fingerprint density at radius 3 is 2.43 bits per heavy atom. The van der Waals surface area contributed by atoms with Gasteiger partial charge in [-0.3, -0.25) is 0 Å². The van der Waals surface area contributed by atoms with E-state index in [0.29, 0.717) is 35.1 Å². The second-order valence-corrected chi connectivity index (χ2v) is 8.60. The van der Waals surface area contributed by atoms with Crippen molar-refractivity contribution in [3.8, 4) is 0 Å². The van der Waals surface area contributed by atoms with Crippen molar-refractivity contribution < 1.29 is 12.8 Å². The maximum absolute atomic E-state index is 12.7. The highest BCUT2D eigenvalue weighted by Crippen LogP contribution is 2.42. The number of hydrogen-bond donors (Lipinski definition) is 2. The van der Waals surface area contributed by atoms with Gasteiger partial charge in [-0.15, -0.1) is 0 Å². The monoisotopic (exact) mass is 332 g/mol. The van der Waals surface area contributed by atoms with Gasteiger partial charge in [0.2, 0.25) is 10.0 Å². The molecule has 1 aliphatic carbocycles. The zero-order valence-corrected chi connectivity index (χ0v) is 14.7. The standard InChI is InChI=1S/C14H24N2O3S2/c1-10-12(8-15-3)13(11(2)19-10)21(17,18)16-9-14(20-4)6-5-7-14/h15-16H,5-9H2,1-4H3. The fourth-order valence-electron chi connectivity index (χ4n) is 2.77. The first kappa shape index (κ1) is 16.9. The maximum Gasteiger partial charge on any atom is 0.244 e. The molecule has 0 unspecified atom stereocenters. The van der Waals surface area contributed by atoms with Gasteiger partial charge in [0.05, 0.1) is 0 Å². The second-order valence-electron chi connectivity index (χ2n) is 5.62. The number of sulfonamides is 1. The van der Waals surface area contributed by atoms with Crippen molar-refractivity contribution in [3.05, 3.63) is 17.1 Å². The van der Waals surface area contributed by atoms with Crippen LogP contribution in [0.3, 0.4) is 0 Å². The predicted molar refractivity (Wildman–Crippen MR) is 86.2 cm³/mol. The Morgan fingerprint density at radius 1 is 1.29 bits per heavy atom. The van der Waals surface area contributed by atoms with Crippen molar-refractivity contribution in [2.75, 3.05) is 19.8 Å². The van der Waals surface area contributed by atoms with Gasteiger partial charge in [0.25, 0.3) is 0 Å². The summed E-state index contributed by atoms with van der Waals surface area (Å²) in [4.78, 5) is 0.296. The summed E-state index contributed by atoms with van der Waals surface area (Å²) in [5.74, 6) is 1.11. The van der Waals surface area contributed by atoms with Crippen LogP contribution in [0.15, 0.2) is 9.31 Å². The average molecular weight is 332 g/mol. The fourth-order valence-corrected chi connectivity index (χ4v) is 5.34. The van der Waals surface area contributed by atoms with Crippen LogP contribution in [0.4, 0.5) is 0 Å². The van der Waals surface area contributed by atoms with E-state index in [1.807, 2.05) is 6.26 Å². The normalized spacial score (nSPS) is 17.7. The minimum Gasteiger partial charge on any atom is -0.465 e. The van der Waals surface area contributed by atoms with Gasteiger partial charge in [0.1, 0.15) is 16.4 Å². The van der Waals surface area contributed by atoms with E-state index in [2.05, 4.69) is 10.0 Å². The van der Waals surface area contributed by atoms with Crippen molar-refractivity contribution in [1.82, 2.24) is 10.0 Å². The van der Waals surface area contributed by atoms with Crippen molar-refractivity contribution in [2.45, 2.75) is 49.3 Å². The van der Waals surface area contributed by atoms with Gasteiger partial charge in [0.15, 0.2) is 0 Å². The maximum atomic E-state index is 12.7. The van der Waals surface area contributed by atoms with Crippen LogP contribution in [0.5, 0.6) is 0 Å². The number of aryl methyl sites for hydroxylation is 2. The van der Waals surface area contributed by atoms with E-state index < -0.39 is 10.0 Å². The molecule has 0 saturated heterocycles. The summed E-state index contributed by atoms with van der Waals surface area (Å²) in [7, 11) is -1.75. The molecule has 0 bridgehead atoms. The molecule has 2 rings (SSSR count). The van der Waals surface area contributed by atoms with E-state index in [0.717, 1.165) is 12.8 Å². The lowest BCUT2D eigenvalue weighted by molar-refractivity contribution is 0.361.